The Bertz CT molecular complexity index is 333. The first-order chi connectivity index (χ1) is 7.16. The van der Waals surface area contributed by atoms with Crippen LogP contribution in [0.15, 0.2) is 0 Å². The van der Waals surface area contributed by atoms with Crippen LogP contribution < -0.4 is 5.73 Å². The van der Waals surface area contributed by atoms with Crippen molar-refractivity contribution in [3.63, 3.8) is 0 Å². The molecule has 1 heterocycles. The molecule has 0 saturated carbocycles. The van der Waals surface area contributed by atoms with Crippen LogP contribution in [-0.2, 0) is 12.2 Å². The fourth-order valence-corrected chi connectivity index (χ4v) is 3.76. The summed E-state index contributed by atoms with van der Waals surface area (Å²) in [5.41, 5.74) is 7.24. The number of hydrogen-bond acceptors (Lipinski definition) is 4. The monoisotopic (exact) mass is 242 g/mol. The molecule has 1 aliphatic rings. The number of aryl methyl sites for hydroxylation is 1. The first-order valence-corrected chi connectivity index (χ1v) is 7.39. The highest BCUT2D eigenvalue weighted by atomic mass is 32.2. The average Bonchev–Trinajstić information content (AvgIpc) is 2.59. The zero-order chi connectivity index (χ0) is 10.8. The van der Waals surface area contributed by atoms with Gasteiger partial charge in [0.2, 0.25) is 0 Å². The molecule has 0 radical (unpaired) electrons. The minimum absolute atomic E-state index is 0.197. The number of rotatable bonds is 3. The highest BCUT2D eigenvalue weighted by Crippen LogP contribution is 2.33. The van der Waals surface area contributed by atoms with E-state index in [4.69, 9.17) is 5.73 Å². The van der Waals surface area contributed by atoms with Crippen molar-refractivity contribution in [3.05, 3.63) is 15.6 Å². The molecule has 0 aliphatic heterocycles. The van der Waals surface area contributed by atoms with Crippen molar-refractivity contribution in [3.8, 4) is 0 Å². The van der Waals surface area contributed by atoms with E-state index in [0.29, 0.717) is 5.25 Å². The molecule has 0 bridgehead atoms. The Kier molecular flexibility index (Phi) is 3.69. The number of hydrogen-bond donors (Lipinski definition) is 1. The van der Waals surface area contributed by atoms with E-state index in [-0.39, 0.29) is 6.04 Å². The van der Waals surface area contributed by atoms with Crippen LogP contribution in [-0.4, -0.2) is 10.2 Å². The van der Waals surface area contributed by atoms with Crippen molar-refractivity contribution < 1.29 is 0 Å². The molecule has 1 aromatic heterocycles. The molecule has 84 valence electrons. The van der Waals surface area contributed by atoms with Gasteiger partial charge in [-0.25, -0.2) is 4.98 Å². The van der Waals surface area contributed by atoms with E-state index < -0.39 is 0 Å². The number of nitrogens with two attached hydrogens (primary N) is 1. The largest absolute Gasteiger partial charge is 0.323 e. The minimum Gasteiger partial charge on any atom is -0.323 e. The Morgan fingerprint density at radius 1 is 1.60 bits per heavy atom. The van der Waals surface area contributed by atoms with Gasteiger partial charge in [0.1, 0.15) is 5.01 Å². The van der Waals surface area contributed by atoms with E-state index in [1.807, 2.05) is 23.1 Å². The molecule has 0 aromatic carbocycles. The summed E-state index contributed by atoms with van der Waals surface area (Å²) >= 11 is 3.83. The fraction of sp³-hybridized carbons (Fsp3) is 0.727. The molecule has 4 heteroatoms. The van der Waals surface area contributed by atoms with Crippen LogP contribution in [0, 0.1) is 0 Å². The second-order valence-electron chi connectivity index (χ2n) is 4.27. The third-order valence-corrected chi connectivity index (χ3v) is 5.00. The molecule has 0 amide bonds. The molecule has 2 rings (SSSR count). The predicted molar refractivity (Wildman–Crippen MR) is 68.4 cm³/mol. The molecule has 0 spiro atoms. The Balaban J connectivity index is 2.08. The average molecular weight is 242 g/mol. The lowest BCUT2D eigenvalue weighted by Gasteiger charge is -2.15. The number of fused-ring (bicyclic) bond motifs is 1. The molecule has 2 nitrogen and oxygen atoms in total. The Labute approximate surface area is 99.7 Å². The van der Waals surface area contributed by atoms with Gasteiger partial charge in [-0.05, 0) is 24.5 Å². The molecule has 1 unspecified atom stereocenters. The molecule has 0 saturated heterocycles. The Morgan fingerprint density at radius 3 is 3.07 bits per heavy atom. The highest BCUT2D eigenvalue weighted by Gasteiger charge is 2.21. The van der Waals surface area contributed by atoms with Gasteiger partial charge in [-0.3, -0.25) is 0 Å². The van der Waals surface area contributed by atoms with Crippen molar-refractivity contribution >= 4 is 23.1 Å². The van der Waals surface area contributed by atoms with Crippen LogP contribution in [0.5, 0.6) is 0 Å². The van der Waals surface area contributed by atoms with Gasteiger partial charge in [0.15, 0.2) is 0 Å². The topological polar surface area (TPSA) is 38.9 Å². The lowest BCUT2D eigenvalue weighted by molar-refractivity contribution is 0.563. The normalized spacial score (nSPS) is 20.7. The van der Waals surface area contributed by atoms with Gasteiger partial charge in [-0.15, -0.1) is 11.3 Å². The molecule has 15 heavy (non-hydrogen) atoms. The highest BCUT2D eigenvalue weighted by molar-refractivity contribution is 7.99. The molecule has 1 aliphatic carbocycles. The quantitative estimate of drug-likeness (QED) is 0.885. The van der Waals surface area contributed by atoms with Gasteiger partial charge in [-0.2, -0.15) is 11.8 Å². The van der Waals surface area contributed by atoms with Crippen LogP contribution in [0.3, 0.4) is 0 Å². The lowest BCUT2D eigenvalue weighted by atomic mass is 9.99. The van der Waals surface area contributed by atoms with Gasteiger partial charge in [-0.1, -0.05) is 13.8 Å². The van der Waals surface area contributed by atoms with Crippen LogP contribution in [0.4, 0.5) is 0 Å². The van der Waals surface area contributed by atoms with E-state index in [1.54, 1.807) is 0 Å². The number of nitrogens with zero attached hydrogens (tertiary/aromatic N) is 1. The molecule has 0 fully saturated rings. The SMILES string of the molecule is CC(C)SCc1nc2c(s1)CCCC2N. The smallest absolute Gasteiger partial charge is 0.103 e. The second kappa shape index (κ2) is 4.85. The maximum Gasteiger partial charge on any atom is 0.103 e. The fourth-order valence-electron chi connectivity index (χ4n) is 1.80. The Morgan fingerprint density at radius 2 is 2.40 bits per heavy atom. The van der Waals surface area contributed by atoms with Gasteiger partial charge >= 0.3 is 0 Å². The van der Waals surface area contributed by atoms with E-state index in [2.05, 4.69) is 18.8 Å². The zero-order valence-corrected chi connectivity index (χ0v) is 11.0. The van der Waals surface area contributed by atoms with Gasteiger partial charge in [0.25, 0.3) is 0 Å². The van der Waals surface area contributed by atoms with Crippen LogP contribution in [0.1, 0.15) is 48.3 Å². The summed E-state index contributed by atoms with van der Waals surface area (Å²) in [6, 6.07) is 0.197. The Hall–Kier alpha value is -0.0600. The summed E-state index contributed by atoms with van der Waals surface area (Å²) in [5, 5.41) is 1.94. The summed E-state index contributed by atoms with van der Waals surface area (Å²) in [6.07, 6.45) is 3.52. The maximum absolute atomic E-state index is 6.05. The minimum atomic E-state index is 0.197. The summed E-state index contributed by atoms with van der Waals surface area (Å²) in [4.78, 5) is 6.11. The maximum atomic E-state index is 6.05. The third-order valence-electron chi connectivity index (χ3n) is 2.58. The molecular formula is C11H18N2S2. The second-order valence-corrected chi connectivity index (χ2v) is 7.01. The summed E-state index contributed by atoms with van der Waals surface area (Å²) in [7, 11) is 0. The standard InChI is InChI=1S/C11H18N2S2/c1-7(2)14-6-10-13-11-8(12)4-3-5-9(11)15-10/h7-8H,3-6,12H2,1-2H3. The van der Waals surface area contributed by atoms with Crippen molar-refractivity contribution in [1.82, 2.24) is 4.98 Å². The van der Waals surface area contributed by atoms with Gasteiger partial charge < -0.3 is 5.73 Å². The molecule has 1 atom stereocenters. The third kappa shape index (κ3) is 2.74. The van der Waals surface area contributed by atoms with E-state index in [0.717, 1.165) is 12.2 Å². The van der Waals surface area contributed by atoms with E-state index in [9.17, 15) is 0 Å². The van der Waals surface area contributed by atoms with Gasteiger partial charge in [0, 0.05) is 16.7 Å². The van der Waals surface area contributed by atoms with Crippen LogP contribution in [0.25, 0.3) is 0 Å². The molecular weight excluding hydrogens is 224 g/mol. The van der Waals surface area contributed by atoms with Crippen LogP contribution in [0.2, 0.25) is 0 Å². The molecule has 1 aromatic rings. The van der Waals surface area contributed by atoms with Crippen LogP contribution >= 0.6 is 23.1 Å². The van der Waals surface area contributed by atoms with Crippen molar-refractivity contribution in [2.24, 2.45) is 5.73 Å². The van der Waals surface area contributed by atoms with Crippen molar-refractivity contribution in [2.45, 2.75) is 50.2 Å². The zero-order valence-electron chi connectivity index (χ0n) is 9.32. The molecule has 2 N–H and O–H groups in total. The number of aromatic nitrogens is 1. The van der Waals surface area contributed by atoms with Gasteiger partial charge in [0.05, 0.1) is 5.69 Å². The van der Waals surface area contributed by atoms with E-state index >= 15 is 0 Å². The number of thioether (sulfide) groups is 1. The lowest BCUT2D eigenvalue weighted by Crippen LogP contribution is -2.16. The summed E-state index contributed by atoms with van der Waals surface area (Å²) in [6.45, 7) is 4.45. The van der Waals surface area contributed by atoms with Crippen molar-refractivity contribution in [1.29, 1.82) is 0 Å². The first kappa shape index (κ1) is 11.4. The summed E-state index contributed by atoms with van der Waals surface area (Å²) in [5.74, 6) is 1.04. The summed E-state index contributed by atoms with van der Waals surface area (Å²) < 4.78 is 0. The first-order valence-electron chi connectivity index (χ1n) is 5.52. The predicted octanol–water partition coefficient (Wildman–Crippen LogP) is 3.12. The number of thiazole rings is 1. The van der Waals surface area contributed by atoms with Crippen molar-refractivity contribution in [2.75, 3.05) is 0 Å². The van der Waals surface area contributed by atoms with E-state index in [1.165, 1.54) is 28.4 Å².